The lowest BCUT2D eigenvalue weighted by molar-refractivity contribution is -0.159. The fourth-order valence-corrected chi connectivity index (χ4v) is 2.30. The second-order valence-corrected chi connectivity index (χ2v) is 5.50. The molecule has 4 N–H and O–H groups in total. The number of methoxy groups -OCH3 is 1. The minimum absolute atomic E-state index is 0.0809. The van der Waals surface area contributed by atoms with Gasteiger partial charge in [0.1, 0.15) is 0 Å². The van der Waals surface area contributed by atoms with E-state index in [1.807, 2.05) is 30.3 Å². The van der Waals surface area contributed by atoms with Gasteiger partial charge in [-0.3, -0.25) is 4.90 Å². The van der Waals surface area contributed by atoms with Crippen molar-refractivity contribution < 1.29 is 34.8 Å². The number of aliphatic carboxylic acids is 2. The lowest BCUT2D eigenvalue weighted by Gasteiger charge is -2.22. The Labute approximate surface area is 156 Å². The number of phenolic OH excluding ortho intramolecular Hbond substituents is 1. The third-order valence-electron chi connectivity index (χ3n) is 3.54. The van der Waals surface area contributed by atoms with Gasteiger partial charge in [-0.05, 0) is 11.6 Å². The summed E-state index contributed by atoms with van der Waals surface area (Å²) in [4.78, 5) is 20.3. The molecule has 0 aliphatic carbocycles. The van der Waals surface area contributed by atoms with E-state index in [0.29, 0.717) is 18.8 Å². The zero-order valence-electron chi connectivity index (χ0n) is 14.9. The molecule has 0 aromatic heterocycles. The van der Waals surface area contributed by atoms with Gasteiger partial charge in [0.25, 0.3) is 0 Å². The minimum atomic E-state index is -1.82. The number of benzene rings is 2. The lowest BCUT2D eigenvalue weighted by Crippen LogP contribution is -2.26. The van der Waals surface area contributed by atoms with Crippen molar-refractivity contribution in [1.82, 2.24) is 4.90 Å². The molecule has 0 amide bonds. The van der Waals surface area contributed by atoms with Crippen LogP contribution in [0.15, 0.2) is 48.5 Å². The number of hydrogen-bond donors (Lipinski definition) is 4. The summed E-state index contributed by atoms with van der Waals surface area (Å²) in [7, 11) is 1.54. The maximum atomic E-state index is 10.2. The van der Waals surface area contributed by atoms with Crippen molar-refractivity contribution in [2.75, 3.05) is 20.3 Å². The first-order valence-electron chi connectivity index (χ1n) is 8.07. The molecule has 0 fully saturated rings. The highest BCUT2D eigenvalue weighted by atomic mass is 16.5. The zero-order chi connectivity index (χ0) is 20.2. The van der Waals surface area contributed by atoms with E-state index in [9.17, 15) is 10.2 Å². The largest absolute Gasteiger partial charge is 0.504 e. The van der Waals surface area contributed by atoms with Crippen molar-refractivity contribution in [3.8, 4) is 11.5 Å². The Hall–Kier alpha value is -3.10. The van der Waals surface area contributed by atoms with Crippen molar-refractivity contribution in [1.29, 1.82) is 0 Å². The monoisotopic (exact) mass is 377 g/mol. The van der Waals surface area contributed by atoms with E-state index in [0.717, 1.165) is 12.1 Å². The molecule has 0 heterocycles. The van der Waals surface area contributed by atoms with E-state index in [1.165, 1.54) is 12.7 Å². The molecule has 2 aromatic carbocycles. The second-order valence-electron chi connectivity index (χ2n) is 5.50. The van der Waals surface area contributed by atoms with Crippen LogP contribution in [0.5, 0.6) is 11.5 Å². The van der Waals surface area contributed by atoms with Crippen molar-refractivity contribution in [2.24, 2.45) is 0 Å². The van der Waals surface area contributed by atoms with E-state index in [1.54, 1.807) is 6.07 Å². The van der Waals surface area contributed by atoms with Crippen LogP contribution in [-0.2, 0) is 22.7 Å². The van der Waals surface area contributed by atoms with Crippen LogP contribution in [0.1, 0.15) is 11.1 Å². The number of carboxylic acids is 2. The Bertz CT molecular complexity index is 722. The smallest absolute Gasteiger partial charge is 0.414 e. The maximum Gasteiger partial charge on any atom is 0.414 e. The predicted octanol–water partition coefficient (Wildman–Crippen LogP) is 1.55. The number of aliphatic hydroxyl groups is 1. The van der Waals surface area contributed by atoms with Crippen LogP contribution in [0.25, 0.3) is 0 Å². The van der Waals surface area contributed by atoms with Crippen LogP contribution in [0, 0.1) is 0 Å². The van der Waals surface area contributed by atoms with E-state index in [-0.39, 0.29) is 12.4 Å². The molecule has 8 nitrogen and oxygen atoms in total. The molecule has 0 aliphatic rings. The third kappa shape index (κ3) is 7.76. The van der Waals surface area contributed by atoms with E-state index < -0.39 is 11.9 Å². The van der Waals surface area contributed by atoms with E-state index in [4.69, 9.17) is 24.5 Å². The van der Waals surface area contributed by atoms with Crippen LogP contribution in [0.4, 0.5) is 0 Å². The van der Waals surface area contributed by atoms with Gasteiger partial charge in [0.15, 0.2) is 11.5 Å². The normalized spacial score (nSPS) is 10.0. The molecule has 0 unspecified atom stereocenters. The van der Waals surface area contributed by atoms with Crippen molar-refractivity contribution >= 4 is 11.9 Å². The molecule has 146 valence electrons. The van der Waals surface area contributed by atoms with Crippen molar-refractivity contribution in [2.45, 2.75) is 13.1 Å². The van der Waals surface area contributed by atoms with E-state index in [2.05, 4.69) is 17.0 Å². The summed E-state index contributed by atoms with van der Waals surface area (Å²) in [6, 6.07) is 15.5. The Balaban J connectivity index is 0.000000527. The Morgan fingerprint density at radius 3 is 2.11 bits per heavy atom. The van der Waals surface area contributed by atoms with Gasteiger partial charge in [0.05, 0.1) is 13.7 Å². The van der Waals surface area contributed by atoms with E-state index >= 15 is 0 Å². The average Bonchev–Trinajstić information content (AvgIpc) is 2.65. The van der Waals surface area contributed by atoms with Crippen LogP contribution in [0.3, 0.4) is 0 Å². The topological polar surface area (TPSA) is 128 Å². The van der Waals surface area contributed by atoms with Gasteiger partial charge in [-0.1, -0.05) is 42.5 Å². The molecule has 0 saturated heterocycles. The second kappa shape index (κ2) is 11.5. The number of hydrogen-bond acceptors (Lipinski definition) is 6. The Morgan fingerprint density at radius 2 is 1.59 bits per heavy atom. The average molecular weight is 377 g/mol. The highest BCUT2D eigenvalue weighted by Gasteiger charge is 2.12. The molecular formula is C19H23NO7. The summed E-state index contributed by atoms with van der Waals surface area (Å²) in [5, 5.41) is 34.2. The summed E-state index contributed by atoms with van der Waals surface area (Å²) < 4.78 is 5.13. The standard InChI is InChI=1S/C17H21NO3.C2H2O4/c1-21-16-9-5-8-15(17(16)20)13-18(10-11-19)12-14-6-3-2-4-7-14;3-1(4)2(5)6/h2-9,19-20H,10-13H2,1H3;(H,3,4)(H,5,6). The van der Waals surface area contributed by atoms with Gasteiger partial charge < -0.3 is 25.2 Å². The molecule has 0 bridgehead atoms. The quantitative estimate of drug-likeness (QED) is 0.535. The van der Waals surface area contributed by atoms with Crippen molar-refractivity contribution in [3.63, 3.8) is 0 Å². The van der Waals surface area contributed by atoms with Crippen LogP contribution in [-0.4, -0.2) is 57.5 Å². The number of rotatable bonds is 7. The Morgan fingerprint density at radius 1 is 0.963 bits per heavy atom. The maximum absolute atomic E-state index is 10.2. The fourth-order valence-electron chi connectivity index (χ4n) is 2.30. The molecule has 0 aliphatic heterocycles. The number of para-hydroxylation sites is 1. The lowest BCUT2D eigenvalue weighted by atomic mass is 10.1. The molecule has 0 radical (unpaired) electrons. The molecule has 27 heavy (non-hydrogen) atoms. The summed E-state index contributed by atoms with van der Waals surface area (Å²) >= 11 is 0. The first kappa shape index (κ1) is 21.9. The SMILES string of the molecule is COc1cccc(CN(CCO)Cc2ccccc2)c1O.O=C(O)C(=O)O. The first-order chi connectivity index (χ1) is 12.9. The highest BCUT2D eigenvalue weighted by Crippen LogP contribution is 2.30. The summed E-state index contributed by atoms with van der Waals surface area (Å²) in [6.07, 6.45) is 0. The van der Waals surface area contributed by atoms with Gasteiger partial charge in [0.2, 0.25) is 0 Å². The number of carbonyl (C=O) groups is 2. The molecule has 0 atom stereocenters. The highest BCUT2D eigenvalue weighted by molar-refractivity contribution is 6.27. The minimum Gasteiger partial charge on any atom is -0.504 e. The van der Waals surface area contributed by atoms with Crippen LogP contribution < -0.4 is 4.74 Å². The number of ether oxygens (including phenoxy) is 1. The van der Waals surface area contributed by atoms with Gasteiger partial charge in [-0.2, -0.15) is 0 Å². The zero-order valence-corrected chi connectivity index (χ0v) is 14.9. The van der Waals surface area contributed by atoms with Gasteiger partial charge in [-0.25, -0.2) is 9.59 Å². The van der Waals surface area contributed by atoms with Crippen molar-refractivity contribution in [3.05, 3.63) is 59.7 Å². The fraction of sp³-hybridized carbons (Fsp3) is 0.263. The number of aromatic hydroxyl groups is 1. The number of phenols is 1. The number of carboxylic acid groups (broad SMARTS) is 2. The van der Waals surface area contributed by atoms with Gasteiger partial charge >= 0.3 is 11.9 Å². The number of nitrogens with zero attached hydrogens (tertiary/aromatic N) is 1. The molecule has 2 rings (SSSR count). The first-order valence-corrected chi connectivity index (χ1v) is 8.07. The Kier molecular flexibility index (Phi) is 9.35. The summed E-state index contributed by atoms with van der Waals surface area (Å²) in [6.45, 7) is 1.90. The molecule has 0 saturated carbocycles. The number of aliphatic hydroxyl groups excluding tert-OH is 1. The van der Waals surface area contributed by atoms with Crippen LogP contribution in [0.2, 0.25) is 0 Å². The molecular weight excluding hydrogens is 354 g/mol. The third-order valence-corrected chi connectivity index (χ3v) is 3.54. The molecule has 0 spiro atoms. The predicted molar refractivity (Wildman–Crippen MR) is 97.6 cm³/mol. The van der Waals surface area contributed by atoms with Crippen LogP contribution >= 0.6 is 0 Å². The molecule has 2 aromatic rings. The van der Waals surface area contributed by atoms with Gasteiger partial charge in [0, 0.05) is 25.2 Å². The van der Waals surface area contributed by atoms with Gasteiger partial charge in [-0.15, -0.1) is 0 Å². The summed E-state index contributed by atoms with van der Waals surface area (Å²) in [5.74, 6) is -3.02. The molecule has 8 heteroatoms. The summed E-state index contributed by atoms with van der Waals surface area (Å²) in [5.41, 5.74) is 1.96.